The molecule has 9 heteroatoms. The van der Waals surface area contributed by atoms with Crippen LogP contribution >= 0.6 is 22.9 Å². The van der Waals surface area contributed by atoms with Gasteiger partial charge < -0.3 is 10.7 Å². The first-order chi connectivity index (χ1) is 13.2. The number of aromatic amines is 1. The smallest absolute Gasteiger partial charge is 0.203 e. The predicted molar refractivity (Wildman–Crippen MR) is 119 cm³/mol. The zero-order valence-electron chi connectivity index (χ0n) is 15.5. The van der Waals surface area contributed by atoms with Crippen molar-refractivity contribution in [1.29, 1.82) is 0 Å². The van der Waals surface area contributed by atoms with Crippen molar-refractivity contribution in [2.75, 3.05) is 12.8 Å². The molecule has 3 heterocycles. The van der Waals surface area contributed by atoms with Crippen LogP contribution in [0.4, 0.5) is 0 Å². The molecule has 0 saturated carbocycles. The molecule has 0 fully saturated rings. The van der Waals surface area contributed by atoms with Gasteiger partial charge in [-0.15, -0.1) is 11.3 Å². The Morgan fingerprint density at radius 3 is 2.79 bits per heavy atom. The van der Waals surface area contributed by atoms with Crippen LogP contribution in [0.15, 0.2) is 47.7 Å². The van der Waals surface area contributed by atoms with Gasteiger partial charge in [0.05, 0.1) is 48.0 Å². The van der Waals surface area contributed by atoms with Gasteiger partial charge >= 0.3 is 0 Å². The van der Waals surface area contributed by atoms with Gasteiger partial charge in [-0.1, -0.05) is 41.9 Å². The molecule has 6 nitrogen and oxygen atoms in total. The molecular weight excluding hydrogens is 414 g/mol. The van der Waals surface area contributed by atoms with Crippen molar-refractivity contribution in [3.8, 4) is 21.8 Å². The SMILES string of the molecule is C=S1(=O)C[C@@](C)(c2sc(-c3[nH]cnc3-c3ccccc3)cc2Cl)N=C(N)N1C. The van der Waals surface area contributed by atoms with Crippen molar-refractivity contribution in [3.05, 3.63) is 52.6 Å². The minimum atomic E-state index is -2.57. The minimum Gasteiger partial charge on any atom is -0.369 e. The van der Waals surface area contributed by atoms with Crippen molar-refractivity contribution >= 4 is 44.5 Å². The number of guanidine groups is 1. The first-order valence-corrected chi connectivity index (χ1v) is 11.6. The molecule has 0 aliphatic carbocycles. The van der Waals surface area contributed by atoms with E-state index in [9.17, 15) is 4.21 Å². The number of nitrogens with one attached hydrogen (secondary N) is 1. The van der Waals surface area contributed by atoms with E-state index in [-0.39, 0.29) is 11.7 Å². The summed E-state index contributed by atoms with van der Waals surface area (Å²) >= 11 is 8.10. The Morgan fingerprint density at radius 1 is 1.39 bits per heavy atom. The van der Waals surface area contributed by atoms with E-state index in [4.69, 9.17) is 17.3 Å². The third-order valence-corrected chi connectivity index (χ3v) is 8.81. The molecule has 28 heavy (non-hydrogen) atoms. The molecule has 4 rings (SSSR count). The highest BCUT2D eigenvalue weighted by molar-refractivity contribution is 7.98. The number of benzene rings is 1. The van der Waals surface area contributed by atoms with Crippen LogP contribution in [-0.2, 0) is 15.2 Å². The first-order valence-electron chi connectivity index (χ1n) is 8.54. The maximum atomic E-state index is 12.9. The molecule has 3 N–H and O–H groups in total. The van der Waals surface area contributed by atoms with Crippen LogP contribution in [0, 0.1) is 0 Å². The number of thiophene rings is 1. The van der Waals surface area contributed by atoms with Gasteiger partial charge in [-0.25, -0.2) is 14.2 Å². The maximum Gasteiger partial charge on any atom is 0.203 e. The molecule has 0 amide bonds. The lowest BCUT2D eigenvalue weighted by Gasteiger charge is -2.36. The Labute approximate surface area is 173 Å². The van der Waals surface area contributed by atoms with E-state index in [1.165, 1.54) is 15.6 Å². The Morgan fingerprint density at radius 2 is 2.11 bits per heavy atom. The topological polar surface area (TPSA) is 87.4 Å². The van der Waals surface area contributed by atoms with Crippen molar-refractivity contribution in [2.45, 2.75) is 12.5 Å². The summed E-state index contributed by atoms with van der Waals surface area (Å²) < 4.78 is 14.4. The van der Waals surface area contributed by atoms with E-state index in [1.54, 1.807) is 13.4 Å². The lowest BCUT2D eigenvalue weighted by Crippen LogP contribution is -2.50. The third-order valence-electron chi connectivity index (χ3n) is 4.80. The summed E-state index contributed by atoms with van der Waals surface area (Å²) in [5, 5.41) is 0.562. The molecule has 0 spiro atoms. The van der Waals surface area contributed by atoms with Gasteiger partial charge in [0.25, 0.3) is 0 Å². The number of nitrogens with two attached hydrogens (primary N) is 1. The Balaban J connectivity index is 1.81. The molecular formula is C19H20ClN5OS2. The lowest BCUT2D eigenvalue weighted by molar-refractivity contribution is 0.522. The highest BCUT2D eigenvalue weighted by Crippen LogP contribution is 2.45. The molecule has 3 aromatic rings. The largest absolute Gasteiger partial charge is 0.369 e. The van der Waals surface area contributed by atoms with Gasteiger partial charge in [0.2, 0.25) is 5.96 Å². The Hall–Kier alpha value is -2.29. The average molecular weight is 434 g/mol. The van der Waals surface area contributed by atoms with Gasteiger partial charge in [0, 0.05) is 12.6 Å². The fourth-order valence-electron chi connectivity index (χ4n) is 3.33. The molecule has 146 valence electrons. The van der Waals surface area contributed by atoms with Gasteiger partial charge in [0.1, 0.15) is 5.54 Å². The summed E-state index contributed by atoms with van der Waals surface area (Å²) in [5.41, 5.74) is 7.96. The highest BCUT2D eigenvalue weighted by Gasteiger charge is 2.39. The number of aliphatic imine (C=N–C) groups is 1. The molecule has 1 aliphatic heterocycles. The average Bonchev–Trinajstić information content (AvgIpc) is 3.27. The molecule has 2 atom stereocenters. The fraction of sp³-hybridized carbons (Fsp3) is 0.211. The maximum absolute atomic E-state index is 12.9. The van der Waals surface area contributed by atoms with Crippen molar-refractivity contribution in [3.63, 3.8) is 0 Å². The number of halogens is 1. The van der Waals surface area contributed by atoms with Crippen LogP contribution in [0.1, 0.15) is 11.8 Å². The standard InChI is InChI=1S/C19H20ClN5OS2/c1-19(10-28(3,26)25(2)18(21)24-19)17-13(20)9-14(27-17)16-15(22-11-23-16)12-7-5-4-6-8-12/h4-9,11H,3,10H2,1-2H3,(H2,21,24)(H,22,23)/t19-,28?/m0/s1. The van der Waals surface area contributed by atoms with Crippen LogP contribution in [0.25, 0.3) is 21.8 Å². The van der Waals surface area contributed by atoms with E-state index in [0.29, 0.717) is 5.02 Å². The second kappa shape index (κ2) is 6.65. The van der Waals surface area contributed by atoms with Crippen LogP contribution in [0.5, 0.6) is 0 Å². The fourth-order valence-corrected chi connectivity index (χ4v) is 6.73. The molecule has 0 radical (unpaired) electrons. The first kappa shape index (κ1) is 19.0. The minimum absolute atomic E-state index is 0.200. The number of H-pyrrole nitrogens is 1. The molecule has 1 unspecified atom stereocenters. The van der Waals surface area contributed by atoms with Crippen molar-refractivity contribution < 1.29 is 4.21 Å². The summed E-state index contributed by atoms with van der Waals surface area (Å²) in [6, 6.07) is 11.8. The van der Waals surface area contributed by atoms with Crippen LogP contribution < -0.4 is 5.73 Å². The number of rotatable bonds is 3. The third kappa shape index (κ3) is 3.11. The quantitative estimate of drug-likeness (QED) is 0.619. The van der Waals surface area contributed by atoms with Crippen LogP contribution in [-0.4, -0.2) is 43.1 Å². The number of hydrogen-bond donors (Lipinski definition) is 2. The van der Waals surface area contributed by atoms with E-state index >= 15 is 0 Å². The van der Waals surface area contributed by atoms with Crippen LogP contribution in [0.3, 0.4) is 0 Å². The summed E-state index contributed by atoms with van der Waals surface area (Å²) in [5.74, 6) is 4.30. The second-order valence-electron chi connectivity index (χ2n) is 6.94. The van der Waals surface area contributed by atoms with Gasteiger partial charge in [-0.2, -0.15) is 0 Å². The van der Waals surface area contributed by atoms with Crippen LogP contribution in [0.2, 0.25) is 5.02 Å². The summed E-state index contributed by atoms with van der Waals surface area (Å²) in [6.07, 6.45) is 1.67. The molecule has 1 aliphatic rings. The van der Waals surface area contributed by atoms with Gasteiger partial charge in [-0.3, -0.25) is 4.31 Å². The molecule has 0 saturated heterocycles. The van der Waals surface area contributed by atoms with Gasteiger partial charge in [0.15, 0.2) is 0 Å². The number of nitrogens with zero attached hydrogens (tertiary/aromatic N) is 3. The second-order valence-corrected chi connectivity index (χ2v) is 10.8. The van der Waals surface area contributed by atoms with Crippen molar-refractivity contribution in [2.24, 2.45) is 10.7 Å². The van der Waals surface area contributed by atoms with E-state index in [0.717, 1.165) is 26.7 Å². The van der Waals surface area contributed by atoms with Gasteiger partial charge in [-0.05, 0) is 18.9 Å². The Kier molecular flexibility index (Phi) is 4.52. The molecule has 2 aromatic heterocycles. The van der Waals surface area contributed by atoms with E-state index in [2.05, 4.69) is 20.8 Å². The lowest BCUT2D eigenvalue weighted by atomic mass is 10.0. The number of aromatic nitrogens is 2. The molecule has 0 bridgehead atoms. The highest BCUT2D eigenvalue weighted by atomic mass is 35.5. The van der Waals surface area contributed by atoms with E-state index in [1.807, 2.05) is 43.3 Å². The van der Waals surface area contributed by atoms with Crippen molar-refractivity contribution in [1.82, 2.24) is 14.3 Å². The normalized spacial score (nSPS) is 25.0. The molecule has 1 aromatic carbocycles. The predicted octanol–water partition coefficient (Wildman–Crippen LogP) is 3.57. The number of imidazole rings is 1. The zero-order valence-corrected chi connectivity index (χ0v) is 17.9. The summed E-state index contributed by atoms with van der Waals surface area (Å²) in [6.45, 7) is 1.89. The number of hydrogen-bond acceptors (Lipinski definition) is 5. The summed E-state index contributed by atoms with van der Waals surface area (Å²) in [4.78, 5) is 14.0. The Bertz CT molecular complexity index is 1170. The zero-order chi connectivity index (χ0) is 20.1. The summed E-state index contributed by atoms with van der Waals surface area (Å²) in [7, 11) is -0.929. The monoisotopic (exact) mass is 433 g/mol. The van der Waals surface area contributed by atoms with E-state index < -0.39 is 15.2 Å².